The molecule has 5 nitrogen and oxygen atoms in total. The van der Waals surface area contributed by atoms with Gasteiger partial charge in [0.25, 0.3) is 0 Å². The molecule has 0 saturated carbocycles. The third-order valence-corrected chi connectivity index (χ3v) is 4.51. The number of ether oxygens (including phenoxy) is 2. The van der Waals surface area contributed by atoms with Crippen molar-refractivity contribution in [3.8, 4) is 16.9 Å². The molecule has 0 aliphatic carbocycles. The SMILES string of the molecule is CCOc1cc2occ(-c3ccc(F)cc3)c2cc1/C(C)=C/C(=O)NCCOC. The molecule has 1 amide bonds. The van der Waals surface area contributed by atoms with E-state index in [-0.39, 0.29) is 11.7 Å². The van der Waals surface area contributed by atoms with E-state index < -0.39 is 0 Å². The summed E-state index contributed by atoms with van der Waals surface area (Å²) in [5.41, 5.74) is 3.91. The number of nitrogens with one attached hydrogen (secondary N) is 1. The molecule has 29 heavy (non-hydrogen) atoms. The fourth-order valence-corrected chi connectivity index (χ4v) is 3.09. The molecule has 0 atom stereocenters. The second-order valence-electron chi connectivity index (χ2n) is 6.54. The average molecular weight is 397 g/mol. The van der Waals surface area contributed by atoms with E-state index in [1.807, 2.05) is 26.0 Å². The molecule has 1 heterocycles. The third kappa shape index (κ3) is 4.84. The van der Waals surface area contributed by atoms with Gasteiger partial charge in [0.2, 0.25) is 5.91 Å². The summed E-state index contributed by atoms with van der Waals surface area (Å²) in [7, 11) is 1.58. The number of allylic oxidation sites excluding steroid dienone is 1. The zero-order chi connectivity index (χ0) is 20.8. The third-order valence-electron chi connectivity index (χ3n) is 4.51. The van der Waals surface area contributed by atoms with Crippen molar-refractivity contribution >= 4 is 22.4 Å². The van der Waals surface area contributed by atoms with E-state index in [0.717, 1.165) is 27.6 Å². The Balaban J connectivity index is 2.02. The minimum absolute atomic E-state index is 0.201. The maximum Gasteiger partial charge on any atom is 0.244 e. The number of halogens is 1. The molecule has 0 aliphatic rings. The van der Waals surface area contributed by atoms with Gasteiger partial charge in [0.15, 0.2) is 0 Å². The number of benzene rings is 2. The number of rotatable bonds is 8. The van der Waals surface area contributed by atoms with E-state index in [1.165, 1.54) is 18.2 Å². The average Bonchev–Trinajstić information content (AvgIpc) is 3.11. The van der Waals surface area contributed by atoms with Gasteiger partial charge >= 0.3 is 0 Å². The van der Waals surface area contributed by atoms with Crippen molar-refractivity contribution in [2.75, 3.05) is 26.9 Å². The van der Waals surface area contributed by atoms with Crippen molar-refractivity contribution in [2.45, 2.75) is 13.8 Å². The quantitative estimate of drug-likeness (QED) is 0.438. The molecule has 152 valence electrons. The van der Waals surface area contributed by atoms with E-state index in [2.05, 4.69) is 5.32 Å². The highest BCUT2D eigenvalue weighted by molar-refractivity contribution is 6.00. The Morgan fingerprint density at radius 3 is 2.69 bits per heavy atom. The predicted octanol–water partition coefficient (Wildman–Crippen LogP) is 4.80. The lowest BCUT2D eigenvalue weighted by Crippen LogP contribution is -2.25. The molecule has 0 fully saturated rings. The van der Waals surface area contributed by atoms with Gasteiger partial charge in [-0.1, -0.05) is 12.1 Å². The summed E-state index contributed by atoms with van der Waals surface area (Å²) in [5, 5.41) is 3.64. The number of hydrogen-bond donors (Lipinski definition) is 1. The van der Waals surface area contributed by atoms with Crippen LogP contribution in [-0.4, -0.2) is 32.8 Å². The zero-order valence-electron chi connectivity index (χ0n) is 16.8. The zero-order valence-corrected chi connectivity index (χ0v) is 16.8. The fourth-order valence-electron chi connectivity index (χ4n) is 3.09. The molecular weight excluding hydrogens is 373 g/mol. The van der Waals surface area contributed by atoms with Crippen LogP contribution in [0.4, 0.5) is 4.39 Å². The first-order valence-corrected chi connectivity index (χ1v) is 9.43. The first kappa shape index (κ1) is 20.6. The van der Waals surface area contributed by atoms with Crippen LogP contribution >= 0.6 is 0 Å². The van der Waals surface area contributed by atoms with E-state index >= 15 is 0 Å². The Labute approximate surface area is 169 Å². The van der Waals surface area contributed by atoms with Crippen LogP contribution in [0.15, 0.2) is 53.2 Å². The molecule has 6 heteroatoms. The molecule has 3 aromatic rings. The van der Waals surface area contributed by atoms with Gasteiger partial charge in [-0.25, -0.2) is 4.39 Å². The van der Waals surface area contributed by atoms with E-state index in [1.54, 1.807) is 25.5 Å². The molecule has 1 N–H and O–H groups in total. The Hall–Kier alpha value is -3.12. The number of methoxy groups -OCH3 is 1. The van der Waals surface area contributed by atoms with Crippen molar-refractivity contribution in [1.82, 2.24) is 5.32 Å². The monoisotopic (exact) mass is 397 g/mol. The number of amides is 1. The van der Waals surface area contributed by atoms with Gasteiger partial charge in [-0.2, -0.15) is 0 Å². The maximum absolute atomic E-state index is 13.3. The predicted molar refractivity (Wildman–Crippen MR) is 111 cm³/mol. The molecule has 3 rings (SSSR count). The molecule has 2 aromatic carbocycles. The summed E-state index contributed by atoms with van der Waals surface area (Å²) in [5.74, 6) is 0.144. The molecule has 0 bridgehead atoms. The lowest BCUT2D eigenvalue weighted by molar-refractivity contribution is -0.116. The molecule has 0 saturated heterocycles. The van der Waals surface area contributed by atoms with Gasteiger partial charge < -0.3 is 19.2 Å². The Morgan fingerprint density at radius 2 is 2.00 bits per heavy atom. The minimum Gasteiger partial charge on any atom is -0.493 e. The van der Waals surface area contributed by atoms with Crippen molar-refractivity contribution in [2.24, 2.45) is 0 Å². The lowest BCUT2D eigenvalue weighted by Gasteiger charge is -2.12. The minimum atomic E-state index is -0.292. The standard InChI is InChI=1S/C23H24FNO4/c1-4-28-21-13-22-19(20(14-29-22)16-5-7-17(24)8-6-16)12-18(21)15(2)11-23(26)25-9-10-27-3/h5-8,11-14H,4,9-10H2,1-3H3,(H,25,26)/b15-11+. The van der Waals surface area contributed by atoms with Gasteiger partial charge in [0, 0.05) is 42.3 Å². The lowest BCUT2D eigenvalue weighted by atomic mass is 9.99. The summed E-state index contributed by atoms with van der Waals surface area (Å²) >= 11 is 0. The van der Waals surface area contributed by atoms with Gasteiger partial charge in [-0.15, -0.1) is 0 Å². The second-order valence-corrected chi connectivity index (χ2v) is 6.54. The number of furan rings is 1. The summed E-state index contributed by atoms with van der Waals surface area (Å²) in [4.78, 5) is 12.2. The van der Waals surface area contributed by atoms with Crippen molar-refractivity contribution in [3.05, 3.63) is 60.1 Å². The van der Waals surface area contributed by atoms with Gasteiger partial charge in [-0.05, 0) is 43.2 Å². The highest BCUT2D eigenvalue weighted by Gasteiger charge is 2.15. The normalized spacial score (nSPS) is 11.7. The summed E-state index contributed by atoms with van der Waals surface area (Å²) < 4.78 is 29.7. The van der Waals surface area contributed by atoms with Crippen LogP contribution in [0.2, 0.25) is 0 Å². The van der Waals surface area contributed by atoms with Crippen LogP contribution in [0.3, 0.4) is 0 Å². The summed E-state index contributed by atoms with van der Waals surface area (Å²) in [6.45, 7) is 5.13. The van der Waals surface area contributed by atoms with Crippen LogP contribution in [-0.2, 0) is 9.53 Å². The van der Waals surface area contributed by atoms with E-state index in [9.17, 15) is 9.18 Å². The largest absolute Gasteiger partial charge is 0.493 e. The van der Waals surface area contributed by atoms with Gasteiger partial charge in [0.1, 0.15) is 17.1 Å². The number of hydrogen-bond acceptors (Lipinski definition) is 4. The molecule has 0 radical (unpaired) electrons. The first-order chi connectivity index (χ1) is 14.0. The number of fused-ring (bicyclic) bond motifs is 1. The highest BCUT2D eigenvalue weighted by atomic mass is 19.1. The van der Waals surface area contributed by atoms with Crippen LogP contribution in [0.25, 0.3) is 27.7 Å². The van der Waals surface area contributed by atoms with E-state index in [0.29, 0.717) is 31.1 Å². The Kier molecular flexibility index (Phi) is 6.67. The Morgan fingerprint density at radius 1 is 1.24 bits per heavy atom. The van der Waals surface area contributed by atoms with Crippen LogP contribution in [0, 0.1) is 5.82 Å². The van der Waals surface area contributed by atoms with Crippen LogP contribution < -0.4 is 10.1 Å². The topological polar surface area (TPSA) is 60.7 Å². The van der Waals surface area contributed by atoms with Crippen molar-refractivity contribution < 1.29 is 23.1 Å². The van der Waals surface area contributed by atoms with Crippen LogP contribution in [0.1, 0.15) is 19.4 Å². The number of carbonyl (C=O) groups excluding carboxylic acids is 1. The summed E-state index contributed by atoms with van der Waals surface area (Å²) in [6, 6.07) is 10.0. The first-order valence-electron chi connectivity index (χ1n) is 9.43. The second kappa shape index (κ2) is 9.39. The smallest absolute Gasteiger partial charge is 0.244 e. The molecule has 0 spiro atoms. The van der Waals surface area contributed by atoms with Crippen molar-refractivity contribution in [1.29, 1.82) is 0 Å². The van der Waals surface area contributed by atoms with E-state index in [4.69, 9.17) is 13.9 Å². The van der Waals surface area contributed by atoms with Crippen LogP contribution in [0.5, 0.6) is 5.75 Å². The Bertz CT molecular complexity index is 1020. The molecular formula is C23H24FNO4. The number of carbonyl (C=O) groups is 1. The molecule has 0 unspecified atom stereocenters. The summed E-state index contributed by atoms with van der Waals surface area (Å²) in [6.07, 6.45) is 3.19. The molecule has 0 aliphatic heterocycles. The van der Waals surface area contributed by atoms with Gasteiger partial charge in [0.05, 0.1) is 19.5 Å². The van der Waals surface area contributed by atoms with Crippen molar-refractivity contribution in [3.63, 3.8) is 0 Å². The molecule has 1 aromatic heterocycles. The highest BCUT2D eigenvalue weighted by Crippen LogP contribution is 2.37. The van der Waals surface area contributed by atoms with Gasteiger partial charge in [-0.3, -0.25) is 4.79 Å². The fraction of sp³-hybridized carbons (Fsp3) is 0.261. The maximum atomic E-state index is 13.3.